The number of halogens is 1. The fourth-order valence-corrected chi connectivity index (χ4v) is 2.80. The molecule has 1 amide bonds. The first kappa shape index (κ1) is 17.5. The first-order chi connectivity index (χ1) is 11.1. The molecule has 0 aromatic heterocycles. The smallest absolute Gasteiger partial charge is 0.332 e. The van der Waals surface area contributed by atoms with Crippen LogP contribution in [-0.2, 0) is 14.3 Å². The molecule has 0 atom stereocenters. The van der Waals surface area contributed by atoms with Gasteiger partial charge >= 0.3 is 5.97 Å². The van der Waals surface area contributed by atoms with Crippen molar-refractivity contribution in [3.63, 3.8) is 0 Å². The molecule has 2 rings (SSSR count). The summed E-state index contributed by atoms with van der Waals surface area (Å²) in [4.78, 5) is 24.0. The van der Waals surface area contributed by atoms with Crippen LogP contribution in [0.5, 0.6) is 0 Å². The monoisotopic (exact) mass is 380 g/mol. The SMILES string of the molecule is COC(=O)/C=C(\Nc1ccc(Br)cc1)C(=O)NC1CCCCC1. The van der Waals surface area contributed by atoms with Crippen molar-refractivity contribution in [2.24, 2.45) is 0 Å². The lowest BCUT2D eigenvalue weighted by molar-refractivity contribution is -0.135. The van der Waals surface area contributed by atoms with E-state index in [1.165, 1.54) is 19.6 Å². The van der Waals surface area contributed by atoms with E-state index in [1.807, 2.05) is 24.3 Å². The van der Waals surface area contributed by atoms with Gasteiger partial charge in [-0.1, -0.05) is 35.2 Å². The van der Waals surface area contributed by atoms with Crippen LogP contribution in [0.1, 0.15) is 32.1 Å². The van der Waals surface area contributed by atoms with E-state index >= 15 is 0 Å². The lowest BCUT2D eigenvalue weighted by Gasteiger charge is -2.23. The van der Waals surface area contributed by atoms with Gasteiger partial charge in [-0.25, -0.2) is 4.79 Å². The second kappa shape index (κ2) is 8.72. The number of amides is 1. The van der Waals surface area contributed by atoms with Crippen molar-refractivity contribution in [1.29, 1.82) is 0 Å². The standard InChI is InChI=1S/C17H21BrN2O3/c1-23-16(21)11-15(19-14-9-7-12(18)8-10-14)17(22)20-13-5-3-2-4-6-13/h7-11,13,19H,2-6H2,1H3,(H,20,22)/b15-11-. The van der Waals surface area contributed by atoms with Crippen LogP contribution in [0.25, 0.3) is 0 Å². The molecule has 1 aromatic rings. The topological polar surface area (TPSA) is 67.4 Å². The van der Waals surface area contributed by atoms with Gasteiger partial charge in [-0.3, -0.25) is 4.79 Å². The summed E-state index contributed by atoms with van der Waals surface area (Å²) < 4.78 is 5.57. The van der Waals surface area contributed by atoms with Crippen molar-refractivity contribution < 1.29 is 14.3 Å². The predicted molar refractivity (Wildman–Crippen MR) is 92.9 cm³/mol. The van der Waals surface area contributed by atoms with Crippen LogP contribution in [-0.4, -0.2) is 25.0 Å². The van der Waals surface area contributed by atoms with E-state index in [9.17, 15) is 9.59 Å². The number of esters is 1. The number of methoxy groups -OCH3 is 1. The minimum Gasteiger partial charge on any atom is -0.466 e. The van der Waals surface area contributed by atoms with Crippen LogP contribution in [0.4, 0.5) is 5.69 Å². The van der Waals surface area contributed by atoms with Crippen LogP contribution in [0.15, 0.2) is 40.5 Å². The molecule has 1 aromatic carbocycles. The summed E-state index contributed by atoms with van der Waals surface area (Å²) in [5, 5.41) is 5.98. The lowest BCUT2D eigenvalue weighted by atomic mass is 9.95. The van der Waals surface area contributed by atoms with Crippen LogP contribution < -0.4 is 10.6 Å². The summed E-state index contributed by atoms with van der Waals surface area (Å²) in [5.41, 5.74) is 0.909. The fraction of sp³-hybridized carbons (Fsp3) is 0.412. The van der Waals surface area contributed by atoms with Crippen molar-refractivity contribution in [2.75, 3.05) is 12.4 Å². The number of anilines is 1. The minimum atomic E-state index is -0.566. The molecule has 0 aliphatic heterocycles. The molecule has 0 spiro atoms. The van der Waals surface area contributed by atoms with Crippen molar-refractivity contribution in [3.8, 4) is 0 Å². The number of hydrogen-bond acceptors (Lipinski definition) is 4. The average molecular weight is 381 g/mol. The molecule has 0 bridgehead atoms. The lowest BCUT2D eigenvalue weighted by Crippen LogP contribution is -2.38. The largest absolute Gasteiger partial charge is 0.466 e. The Labute approximate surface area is 144 Å². The van der Waals surface area contributed by atoms with Crippen LogP contribution in [0.3, 0.4) is 0 Å². The zero-order valence-corrected chi connectivity index (χ0v) is 14.7. The Balaban J connectivity index is 2.09. The third-order valence-corrected chi connectivity index (χ3v) is 4.30. The van der Waals surface area contributed by atoms with E-state index in [0.29, 0.717) is 0 Å². The number of hydrogen-bond donors (Lipinski definition) is 2. The Morgan fingerprint density at radius 1 is 1.17 bits per heavy atom. The van der Waals surface area contributed by atoms with Crippen LogP contribution in [0, 0.1) is 0 Å². The number of ether oxygens (including phenoxy) is 1. The van der Waals surface area contributed by atoms with Gasteiger partial charge in [0.15, 0.2) is 0 Å². The maximum Gasteiger partial charge on any atom is 0.332 e. The number of rotatable bonds is 5. The fourth-order valence-electron chi connectivity index (χ4n) is 2.53. The number of benzene rings is 1. The second-order valence-electron chi connectivity index (χ2n) is 5.52. The van der Waals surface area contributed by atoms with Crippen LogP contribution >= 0.6 is 15.9 Å². The average Bonchev–Trinajstić information content (AvgIpc) is 2.57. The number of carbonyl (C=O) groups excluding carboxylic acids is 2. The Hall–Kier alpha value is -1.82. The zero-order valence-electron chi connectivity index (χ0n) is 13.1. The second-order valence-corrected chi connectivity index (χ2v) is 6.44. The molecule has 1 fully saturated rings. The molecule has 1 saturated carbocycles. The highest BCUT2D eigenvalue weighted by atomic mass is 79.9. The Morgan fingerprint density at radius 3 is 2.43 bits per heavy atom. The molecule has 2 N–H and O–H groups in total. The number of nitrogens with one attached hydrogen (secondary N) is 2. The first-order valence-electron chi connectivity index (χ1n) is 7.71. The van der Waals surface area contributed by atoms with Gasteiger partial charge in [0.05, 0.1) is 13.2 Å². The molecule has 0 heterocycles. The van der Waals surface area contributed by atoms with Gasteiger partial charge in [0.1, 0.15) is 5.70 Å². The molecular weight excluding hydrogens is 360 g/mol. The maximum absolute atomic E-state index is 12.5. The van der Waals surface area contributed by atoms with E-state index in [4.69, 9.17) is 0 Å². The first-order valence-corrected chi connectivity index (χ1v) is 8.51. The van der Waals surface area contributed by atoms with E-state index in [0.717, 1.165) is 35.8 Å². The van der Waals surface area contributed by atoms with Gasteiger partial charge in [-0.05, 0) is 37.1 Å². The highest BCUT2D eigenvalue weighted by Gasteiger charge is 2.19. The van der Waals surface area contributed by atoms with Crippen molar-refractivity contribution in [1.82, 2.24) is 5.32 Å². The van der Waals surface area contributed by atoms with Gasteiger partial charge in [0.25, 0.3) is 5.91 Å². The molecule has 6 heteroatoms. The van der Waals surface area contributed by atoms with E-state index in [-0.39, 0.29) is 17.6 Å². The maximum atomic E-state index is 12.5. The Kier molecular flexibility index (Phi) is 6.65. The summed E-state index contributed by atoms with van der Waals surface area (Å²) in [6.45, 7) is 0. The van der Waals surface area contributed by atoms with Crippen molar-refractivity contribution >= 4 is 33.5 Å². The third-order valence-electron chi connectivity index (χ3n) is 3.77. The van der Waals surface area contributed by atoms with Crippen LogP contribution in [0.2, 0.25) is 0 Å². The van der Waals surface area contributed by atoms with Gasteiger partial charge < -0.3 is 15.4 Å². The highest BCUT2D eigenvalue weighted by molar-refractivity contribution is 9.10. The van der Waals surface area contributed by atoms with E-state index in [1.54, 1.807) is 0 Å². The number of carbonyl (C=O) groups is 2. The quantitative estimate of drug-likeness (QED) is 0.606. The molecule has 5 nitrogen and oxygen atoms in total. The molecule has 0 unspecified atom stereocenters. The Morgan fingerprint density at radius 2 is 1.83 bits per heavy atom. The van der Waals surface area contributed by atoms with Crippen molar-refractivity contribution in [3.05, 3.63) is 40.5 Å². The highest BCUT2D eigenvalue weighted by Crippen LogP contribution is 2.19. The molecule has 0 radical (unpaired) electrons. The molecule has 1 aliphatic carbocycles. The minimum absolute atomic E-state index is 0.170. The van der Waals surface area contributed by atoms with Crippen molar-refractivity contribution in [2.45, 2.75) is 38.1 Å². The van der Waals surface area contributed by atoms with Gasteiger partial charge in [0.2, 0.25) is 0 Å². The van der Waals surface area contributed by atoms with Gasteiger partial charge in [0, 0.05) is 16.2 Å². The summed E-state index contributed by atoms with van der Waals surface area (Å²) in [6, 6.07) is 7.53. The summed E-state index contributed by atoms with van der Waals surface area (Å²) in [7, 11) is 1.29. The molecule has 23 heavy (non-hydrogen) atoms. The summed E-state index contributed by atoms with van der Waals surface area (Å²) in [5.74, 6) is -0.853. The van der Waals surface area contributed by atoms with E-state index < -0.39 is 5.97 Å². The molecule has 0 saturated heterocycles. The Bertz CT molecular complexity index is 578. The van der Waals surface area contributed by atoms with E-state index in [2.05, 4.69) is 31.3 Å². The predicted octanol–water partition coefficient (Wildman–Crippen LogP) is 3.37. The summed E-state index contributed by atoms with van der Waals surface area (Å²) in [6.07, 6.45) is 6.61. The third kappa shape index (κ3) is 5.71. The van der Waals surface area contributed by atoms with Gasteiger partial charge in [-0.2, -0.15) is 0 Å². The normalized spacial score (nSPS) is 15.8. The molecule has 124 valence electrons. The van der Waals surface area contributed by atoms with Gasteiger partial charge in [-0.15, -0.1) is 0 Å². The zero-order chi connectivity index (χ0) is 16.7. The molecule has 1 aliphatic rings. The molecular formula is C17H21BrN2O3. The summed E-state index contributed by atoms with van der Waals surface area (Å²) >= 11 is 3.36.